The molecular formula is C15H11BrN2O2. The number of benzene rings is 1. The Balaban J connectivity index is 1.99. The van der Waals surface area contributed by atoms with Crippen LogP contribution >= 0.6 is 15.9 Å². The topological polar surface area (TPSA) is 50.3 Å². The number of hydrogen-bond donors (Lipinski definition) is 0. The summed E-state index contributed by atoms with van der Waals surface area (Å²) in [6.07, 6.45) is 3.52. The number of nitrogens with zero attached hydrogens (tertiary/aromatic N) is 2. The van der Waals surface area contributed by atoms with Crippen molar-refractivity contribution in [1.29, 1.82) is 0 Å². The van der Waals surface area contributed by atoms with Gasteiger partial charge in [-0.15, -0.1) is 0 Å². The van der Waals surface area contributed by atoms with Crippen LogP contribution in [0.4, 0.5) is 5.69 Å². The molecule has 0 saturated carbocycles. The Bertz CT molecular complexity index is 728. The molecule has 5 heteroatoms. The summed E-state index contributed by atoms with van der Waals surface area (Å²) in [5.41, 5.74) is 2.87. The summed E-state index contributed by atoms with van der Waals surface area (Å²) >= 11 is 3.30. The lowest BCUT2D eigenvalue weighted by Gasteiger charge is -2.10. The summed E-state index contributed by atoms with van der Waals surface area (Å²) in [7, 11) is 1.74. The van der Waals surface area contributed by atoms with Gasteiger partial charge in [0, 0.05) is 40.7 Å². The highest BCUT2D eigenvalue weighted by atomic mass is 79.9. The van der Waals surface area contributed by atoms with Gasteiger partial charge in [0.25, 0.3) is 0 Å². The lowest BCUT2D eigenvalue weighted by molar-refractivity contribution is -0.117. The van der Waals surface area contributed by atoms with Crippen molar-refractivity contribution in [3.8, 4) is 0 Å². The predicted octanol–water partition coefficient (Wildman–Crippen LogP) is 2.59. The van der Waals surface area contributed by atoms with E-state index in [0.29, 0.717) is 17.5 Å². The smallest absolute Gasteiger partial charge is 0.231 e. The highest BCUT2D eigenvalue weighted by Crippen LogP contribution is 2.29. The lowest BCUT2D eigenvalue weighted by Crippen LogP contribution is -2.20. The van der Waals surface area contributed by atoms with Crippen LogP contribution < -0.4 is 4.90 Å². The highest BCUT2D eigenvalue weighted by Gasteiger charge is 2.25. The molecule has 3 rings (SSSR count). The van der Waals surface area contributed by atoms with Gasteiger partial charge in [-0.05, 0) is 45.8 Å². The molecule has 2 heterocycles. The van der Waals surface area contributed by atoms with E-state index >= 15 is 0 Å². The molecule has 100 valence electrons. The molecule has 0 saturated heterocycles. The molecule has 1 aliphatic heterocycles. The van der Waals surface area contributed by atoms with E-state index in [1.54, 1.807) is 36.3 Å². The van der Waals surface area contributed by atoms with Crippen LogP contribution in [0, 0.1) is 0 Å². The molecule has 2 aromatic rings. The fourth-order valence-electron chi connectivity index (χ4n) is 2.31. The zero-order valence-electron chi connectivity index (χ0n) is 10.8. The maximum atomic E-state index is 12.4. The van der Waals surface area contributed by atoms with Crippen LogP contribution in [-0.2, 0) is 11.2 Å². The highest BCUT2D eigenvalue weighted by molar-refractivity contribution is 9.10. The summed E-state index contributed by atoms with van der Waals surface area (Å²) in [6.45, 7) is 0. The van der Waals surface area contributed by atoms with Gasteiger partial charge in [0.15, 0.2) is 5.78 Å². The van der Waals surface area contributed by atoms with Crippen LogP contribution in [0.2, 0.25) is 0 Å². The van der Waals surface area contributed by atoms with Gasteiger partial charge in [0.2, 0.25) is 5.91 Å². The van der Waals surface area contributed by atoms with Crippen LogP contribution in [-0.4, -0.2) is 23.7 Å². The average molecular weight is 331 g/mol. The zero-order valence-corrected chi connectivity index (χ0v) is 12.3. The number of ketones is 1. The molecule has 0 aliphatic carbocycles. The third-order valence-corrected chi connectivity index (χ3v) is 3.82. The van der Waals surface area contributed by atoms with Gasteiger partial charge in [0.05, 0.1) is 6.42 Å². The van der Waals surface area contributed by atoms with Crippen LogP contribution in [0.25, 0.3) is 0 Å². The molecule has 1 aromatic heterocycles. The molecule has 20 heavy (non-hydrogen) atoms. The lowest BCUT2D eigenvalue weighted by atomic mass is 10.0. The number of aromatic nitrogens is 1. The van der Waals surface area contributed by atoms with E-state index in [1.165, 1.54) is 6.20 Å². The molecule has 0 bridgehead atoms. The number of hydrogen-bond acceptors (Lipinski definition) is 3. The number of likely N-dealkylation sites (N-methyl/N-ethyl adjacent to an activating group) is 1. The minimum atomic E-state index is -0.0939. The summed E-state index contributed by atoms with van der Waals surface area (Å²) in [4.78, 5) is 29.7. The molecule has 1 aromatic carbocycles. The normalized spacial score (nSPS) is 13.5. The fourth-order valence-corrected chi connectivity index (χ4v) is 2.68. The molecule has 0 fully saturated rings. The van der Waals surface area contributed by atoms with Crippen LogP contribution in [0.15, 0.2) is 41.1 Å². The van der Waals surface area contributed by atoms with E-state index in [0.717, 1.165) is 15.7 Å². The van der Waals surface area contributed by atoms with Crippen molar-refractivity contribution in [2.45, 2.75) is 6.42 Å². The van der Waals surface area contributed by atoms with Crippen molar-refractivity contribution in [3.05, 3.63) is 57.8 Å². The molecule has 1 aliphatic rings. The van der Waals surface area contributed by atoms with Gasteiger partial charge >= 0.3 is 0 Å². The van der Waals surface area contributed by atoms with E-state index in [2.05, 4.69) is 20.9 Å². The summed E-state index contributed by atoms with van der Waals surface area (Å²) < 4.78 is 0.763. The first-order valence-corrected chi connectivity index (χ1v) is 6.90. The quantitative estimate of drug-likeness (QED) is 0.795. The zero-order chi connectivity index (χ0) is 14.3. The number of carbonyl (C=O) groups excluding carboxylic acids is 2. The first-order chi connectivity index (χ1) is 9.56. The van der Waals surface area contributed by atoms with E-state index < -0.39 is 0 Å². The minimum absolute atomic E-state index is 0.0497. The molecule has 0 radical (unpaired) electrons. The van der Waals surface area contributed by atoms with Crippen molar-refractivity contribution in [3.63, 3.8) is 0 Å². The number of amides is 1. The number of fused-ring (bicyclic) bond motifs is 1. The van der Waals surface area contributed by atoms with Gasteiger partial charge in [-0.25, -0.2) is 0 Å². The molecular weight excluding hydrogens is 320 g/mol. The molecule has 4 nitrogen and oxygen atoms in total. The number of pyridine rings is 1. The van der Waals surface area contributed by atoms with Crippen LogP contribution in [0.5, 0.6) is 0 Å². The first kappa shape index (κ1) is 13.0. The molecule has 0 N–H and O–H groups in total. The van der Waals surface area contributed by atoms with E-state index in [9.17, 15) is 9.59 Å². The van der Waals surface area contributed by atoms with Crippen LogP contribution in [0.1, 0.15) is 21.5 Å². The number of rotatable bonds is 2. The van der Waals surface area contributed by atoms with Crippen molar-refractivity contribution >= 4 is 33.3 Å². The predicted molar refractivity (Wildman–Crippen MR) is 78.9 cm³/mol. The number of halogens is 1. The molecule has 1 amide bonds. The Hall–Kier alpha value is -2.01. The minimum Gasteiger partial charge on any atom is -0.315 e. The average Bonchev–Trinajstić information content (AvgIpc) is 2.73. The van der Waals surface area contributed by atoms with Crippen molar-refractivity contribution < 1.29 is 9.59 Å². The summed E-state index contributed by atoms with van der Waals surface area (Å²) in [5, 5.41) is 0. The fraction of sp³-hybridized carbons (Fsp3) is 0.133. The Morgan fingerprint density at radius 3 is 2.80 bits per heavy atom. The third kappa shape index (κ3) is 2.14. The standard InChI is InChI=1S/C15H11BrN2O2/c1-18-13-3-2-9(4-10(13)6-14(18)19)15(20)11-5-12(16)8-17-7-11/h2-5,7-8H,6H2,1H3. The Morgan fingerprint density at radius 2 is 2.05 bits per heavy atom. The second-order valence-corrected chi connectivity index (χ2v) is 5.61. The van der Waals surface area contributed by atoms with Gasteiger partial charge in [0.1, 0.15) is 0 Å². The van der Waals surface area contributed by atoms with E-state index in [1.807, 2.05) is 6.07 Å². The maximum absolute atomic E-state index is 12.4. The number of carbonyl (C=O) groups is 2. The molecule has 0 atom stereocenters. The maximum Gasteiger partial charge on any atom is 0.231 e. The Kier molecular flexibility index (Phi) is 3.14. The second-order valence-electron chi connectivity index (χ2n) is 4.69. The first-order valence-electron chi connectivity index (χ1n) is 6.11. The van der Waals surface area contributed by atoms with Gasteiger partial charge in [-0.2, -0.15) is 0 Å². The SMILES string of the molecule is CN1C(=O)Cc2cc(C(=O)c3cncc(Br)c3)ccc21. The Morgan fingerprint density at radius 1 is 1.25 bits per heavy atom. The van der Waals surface area contributed by atoms with Gasteiger partial charge < -0.3 is 4.90 Å². The van der Waals surface area contributed by atoms with Crippen molar-refractivity contribution in [2.24, 2.45) is 0 Å². The monoisotopic (exact) mass is 330 g/mol. The largest absolute Gasteiger partial charge is 0.315 e. The molecule has 0 spiro atoms. The Labute approximate surface area is 124 Å². The van der Waals surface area contributed by atoms with Gasteiger partial charge in [-0.3, -0.25) is 14.6 Å². The molecule has 0 unspecified atom stereocenters. The summed E-state index contributed by atoms with van der Waals surface area (Å²) in [5.74, 6) is -0.0441. The second kappa shape index (κ2) is 4.83. The summed E-state index contributed by atoms with van der Waals surface area (Å²) in [6, 6.07) is 7.09. The van der Waals surface area contributed by atoms with Crippen LogP contribution in [0.3, 0.4) is 0 Å². The van der Waals surface area contributed by atoms with Gasteiger partial charge in [-0.1, -0.05) is 0 Å². The van der Waals surface area contributed by atoms with Crippen molar-refractivity contribution in [2.75, 3.05) is 11.9 Å². The number of anilines is 1. The third-order valence-electron chi connectivity index (χ3n) is 3.39. The van der Waals surface area contributed by atoms with E-state index in [4.69, 9.17) is 0 Å². The van der Waals surface area contributed by atoms with E-state index in [-0.39, 0.29) is 11.7 Å². The van der Waals surface area contributed by atoms with Crippen molar-refractivity contribution in [1.82, 2.24) is 4.98 Å².